The lowest BCUT2D eigenvalue weighted by Gasteiger charge is -2.42. The summed E-state index contributed by atoms with van der Waals surface area (Å²) < 4.78 is 0.826. The van der Waals surface area contributed by atoms with Crippen LogP contribution < -0.4 is 11.3 Å². The highest BCUT2D eigenvalue weighted by Crippen LogP contribution is 2.45. The monoisotopic (exact) mass is 273 g/mol. The fourth-order valence-electron chi connectivity index (χ4n) is 2.97. The summed E-state index contributed by atoms with van der Waals surface area (Å²) in [6, 6.07) is 4.20. The molecule has 0 amide bonds. The van der Waals surface area contributed by atoms with Crippen molar-refractivity contribution in [2.75, 3.05) is 14.1 Å². The van der Waals surface area contributed by atoms with E-state index in [1.54, 1.807) is 11.3 Å². The Kier molecular flexibility index (Phi) is 4.10. The van der Waals surface area contributed by atoms with Crippen LogP contribution in [0.3, 0.4) is 0 Å². The Balaban J connectivity index is 2.33. The molecule has 0 aliphatic heterocycles. The lowest BCUT2D eigenvalue weighted by atomic mass is 9.86. The Morgan fingerprint density at radius 2 is 2.06 bits per heavy atom. The predicted octanol–water partition coefficient (Wildman–Crippen LogP) is 2.78. The zero-order valence-electron chi connectivity index (χ0n) is 10.4. The summed E-state index contributed by atoms with van der Waals surface area (Å²) in [4.78, 5) is 3.55. The SMILES string of the molecule is CN(C)C1(C(NN)c2ccc(Cl)s2)CCCC1. The van der Waals surface area contributed by atoms with Crippen LogP contribution in [-0.2, 0) is 0 Å². The Morgan fingerprint density at radius 3 is 2.47 bits per heavy atom. The number of rotatable bonds is 4. The van der Waals surface area contributed by atoms with E-state index < -0.39 is 0 Å². The van der Waals surface area contributed by atoms with Gasteiger partial charge in [0.15, 0.2) is 0 Å². The highest BCUT2D eigenvalue weighted by Gasteiger charge is 2.44. The van der Waals surface area contributed by atoms with Crippen molar-refractivity contribution in [1.82, 2.24) is 10.3 Å². The number of nitrogens with zero attached hydrogens (tertiary/aromatic N) is 1. The van der Waals surface area contributed by atoms with E-state index >= 15 is 0 Å². The van der Waals surface area contributed by atoms with Crippen LogP contribution in [0.15, 0.2) is 12.1 Å². The second-order valence-electron chi connectivity index (χ2n) is 4.95. The van der Waals surface area contributed by atoms with Gasteiger partial charge in [-0.3, -0.25) is 11.3 Å². The second-order valence-corrected chi connectivity index (χ2v) is 6.69. The standard InChI is InChI=1S/C12H20ClN3S/c1-16(2)12(7-3-4-8-12)11(15-14)9-5-6-10(13)17-9/h5-6,11,15H,3-4,7-8,14H2,1-2H3. The van der Waals surface area contributed by atoms with E-state index in [2.05, 4.69) is 30.5 Å². The Labute approximate surface area is 112 Å². The average molecular weight is 274 g/mol. The van der Waals surface area contributed by atoms with Gasteiger partial charge in [0.2, 0.25) is 0 Å². The summed E-state index contributed by atoms with van der Waals surface area (Å²) in [5.41, 5.74) is 3.13. The molecule has 17 heavy (non-hydrogen) atoms. The van der Waals surface area contributed by atoms with Crippen LogP contribution in [0.4, 0.5) is 0 Å². The number of nitrogens with one attached hydrogen (secondary N) is 1. The zero-order valence-corrected chi connectivity index (χ0v) is 11.9. The van der Waals surface area contributed by atoms with Gasteiger partial charge in [-0.25, -0.2) is 0 Å². The molecule has 1 heterocycles. The van der Waals surface area contributed by atoms with Crippen molar-refractivity contribution >= 4 is 22.9 Å². The number of hydrazine groups is 1. The third-order valence-electron chi connectivity index (χ3n) is 3.94. The zero-order chi connectivity index (χ0) is 12.5. The molecule has 1 unspecified atom stereocenters. The highest BCUT2D eigenvalue weighted by atomic mass is 35.5. The van der Waals surface area contributed by atoms with Crippen molar-refractivity contribution < 1.29 is 0 Å². The van der Waals surface area contributed by atoms with Crippen molar-refractivity contribution in [2.45, 2.75) is 37.3 Å². The predicted molar refractivity (Wildman–Crippen MR) is 74.3 cm³/mol. The molecular weight excluding hydrogens is 254 g/mol. The molecule has 1 aromatic rings. The fourth-order valence-corrected chi connectivity index (χ4v) is 4.20. The van der Waals surface area contributed by atoms with E-state index in [0.29, 0.717) is 0 Å². The average Bonchev–Trinajstić information content (AvgIpc) is 2.90. The van der Waals surface area contributed by atoms with E-state index in [1.165, 1.54) is 30.6 Å². The van der Waals surface area contributed by atoms with E-state index in [9.17, 15) is 0 Å². The third-order valence-corrected chi connectivity index (χ3v) is 5.24. The van der Waals surface area contributed by atoms with Gasteiger partial charge in [-0.15, -0.1) is 11.3 Å². The van der Waals surface area contributed by atoms with Crippen molar-refractivity contribution in [1.29, 1.82) is 0 Å². The quantitative estimate of drug-likeness (QED) is 0.655. The van der Waals surface area contributed by atoms with Gasteiger partial charge < -0.3 is 4.90 Å². The van der Waals surface area contributed by atoms with Gasteiger partial charge in [0, 0.05) is 10.4 Å². The Bertz CT molecular complexity index is 372. The molecule has 0 saturated heterocycles. The van der Waals surface area contributed by atoms with Gasteiger partial charge in [0.05, 0.1) is 10.4 Å². The van der Waals surface area contributed by atoms with E-state index in [0.717, 1.165) is 4.34 Å². The van der Waals surface area contributed by atoms with Crippen molar-refractivity contribution in [3.8, 4) is 0 Å². The molecule has 3 N–H and O–H groups in total. The molecule has 1 aromatic heterocycles. The lowest BCUT2D eigenvalue weighted by molar-refractivity contribution is 0.106. The van der Waals surface area contributed by atoms with Crippen LogP contribution in [0, 0.1) is 0 Å². The van der Waals surface area contributed by atoms with Crippen molar-refractivity contribution in [2.24, 2.45) is 5.84 Å². The molecule has 1 aliphatic rings. The van der Waals surface area contributed by atoms with E-state index in [4.69, 9.17) is 17.4 Å². The first kappa shape index (κ1) is 13.3. The maximum atomic E-state index is 6.03. The summed E-state index contributed by atoms with van der Waals surface area (Å²) in [5, 5.41) is 0. The largest absolute Gasteiger partial charge is 0.302 e. The molecule has 0 bridgehead atoms. The molecule has 1 fully saturated rings. The number of hydrogen-bond donors (Lipinski definition) is 2. The smallest absolute Gasteiger partial charge is 0.0931 e. The summed E-state index contributed by atoms with van der Waals surface area (Å²) in [6.07, 6.45) is 4.92. The Hall–Kier alpha value is -0.130. The number of likely N-dealkylation sites (N-methyl/N-ethyl adjacent to an activating group) is 1. The van der Waals surface area contributed by atoms with E-state index in [-0.39, 0.29) is 11.6 Å². The molecular formula is C12H20ClN3S. The minimum absolute atomic E-state index is 0.128. The first-order valence-corrected chi connectivity index (χ1v) is 7.18. The molecule has 0 aromatic carbocycles. The summed E-state index contributed by atoms with van der Waals surface area (Å²) >= 11 is 7.65. The molecule has 3 nitrogen and oxygen atoms in total. The van der Waals surface area contributed by atoms with E-state index in [1.807, 2.05) is 6.07 Å². The van der Waals surface area contributed by atoms with Crippen LogP contribution >= 0.6 is 22.9 Å². The number of thiophene rings is 1. The van der Waals surface area contributed by atoms with Gasteiger partial charge in [0.25, 0.3) is 0 Å². The summed E-state index contributed by atoms with van der Waals surface area (Å²) in [5.74, 6) is 5.80. The van der Waals surface area contributed by atoms with Crippen LogP contribution in [0.1, 0.15) is 36.6 Å². The van der Waals surface area contributed by atoms with Gasteiger partial charge >= 0.3 is 0 Å². The van der Waals surface area contributed by atoms with Crippen LogP contribution in [0.5, 0.6) is 0 Å². The molecule has 0 spiro atoms. The first-order valence-electron chi connectivity index (χ1n) is 5.99. The van der Waals surface area contributed by atoms with Gasteiger partial charge in [0.1, 0.15) is 0 Å². The maximum Gasteiger partial charge on any atom is 0.0931 e. The number of halogens is 1. The molecule has 1 atom stereocenters. The van der Waals surface area contributed by atoms with Crippen LogP contribution in [-0.4, -0.2) is 24.5 Å². The lowest BCUT2D eigenvalue weighted by Crippen LogP contribution is -2.53. The maximum absolute atomic E-state index is 6.03. The van der Waals surface area contributed by atoms with Crippen LogP contribution in [0.25, 0.3) is 0 Å². The molecule has 5 heteroatoms. The molecule has 1 aliphatic carbocycles. The molecule has 2 rings (SSSR count). The normalized spacial score (nSPS) is 21.0. The number of hydrogen-bond acceptors (Lipinski definition) is 4. The molecule has 1 saturated carbocycles. The fraction of sp³-hybridized carbons (Fsp3) is 0.667. The second kappa shape index (κ2) is 5.24. The van der Waals surface area contributed by atoms with Crippen LogP contribution in [0.2, 0.25) is 4.34 Å². The third kappa shape index (κ3) is 2.37. The topological polar surface area (TPSA) is 41.3 Å². The Morgan fingerprint density at radius 1 is 1.41 bits per heavy atom. The minimum atomic E-state index is 0.128. The highest BCUT2D eigenvalue weighted by molar-refractivity contribution is 7.16. The molecule has 0 radical (unpaired) electrons. The van der Waals surface area contributed by atoms with Gasteiger partial charge in [-0.1, -0.05) is 24.4 Å². The van der Waals surface area contributed by atoms with Gasteiger partial charge in [-0.2, -0.15) is 0 Å². The molecule has 96 valence electrons. The van der Waals surface area contributed by atoms with Crippen molar-refractivity contribution in [3.63, 3.8) is 0 Å². The van der Waals surface area contributed by atoms with Crippen molar-refractivity contribution in [3.05, 3.63) is 21.3 Å². The van der Waals surface area contributed by atoms with Gasteiger partial charge in [-0.05, 0) is 39.1 Å². The number of nitrogens with two attached hydrogens (primary N) is 1. The minimum Gasteiger partial charge on any atom is -0.302 e. The summed E-state index contributed by atoms with van der Waals surface area (Å²) in [7, 11) is 4.29. The first-order chi connectivity index (χ1) is 8.10. The summed E-state index contributed by atoms with van der Waals surface area (Å²) in [6.45, 7) is 0.